The molecule has 0 radical (unpaired) electrons. The minimum absolute atomic E-state index is 0.184. The van der Waals surface area contributed by atoms with Gasteiger partial charge in [-0.3, -0.25) is 20.0 Å². The van der Waals surface area contributed by atoms with Crippen LogP contribution in [0.2, 0.25) is 15.9 Å². The molecule has 0 aliphatic heterocycles. The van der Waals surface area contributed by atoms with Crippen LogP contribution in [0.4, 0.5) is 23.3 Å². The summed E-state index contributed by atoms with van der Waals surface area (Å²) in [6, 6.07) is 2.05. The molecule has 5 N–H and O–H groups in total. The van der Waals surface area contributed by atoms with Crippen LogP contribution in [0, 0.1) is 0 Å². The Hall–Kier alpha value is -2.67. The number of aromatic nitrogens is 6. The first-order chi connectivity index (χ1) is 14.8. The van der Waals surface area contributed by atoms with Crippen molar-refractivity contribution in [1.29, 1.82) is 0 Å². The van der Waals surface area contributed by atoms with E-state index in [0.29, 0.717) is 0 Å². The van der Waals surface area contributed by atoms with Gasteiger partial charge < -0.3 is 5.32 Å². The van der Waals surface area contributed by atoms with Gasteiger partial charge in [-0.1, -0.05) is 0 Å². The molecule has 170 valence electrons. The third kappa shape index (κ3) is 5.76. The minimum Gasteiger partial charge on any atom is -0.323 e. The molecule has 0 saturated heterocycles. The average molecular weight is 545 g/mol. The van der Waals surface area contributed by atoms with Crippen LogP contribution < -0.4 is 16.2 Å². The largest absolute Gasteiger partial charge is 0.323 e. The summed E-state index contributed by atoms with van der Waals surface area (Å²) in [6.07, 6.45) is 1.03. The number of rotatable bonds is 7. The van der Waals surface area contributed by atoms with Gasteiger partial charge in [0.2, 0.25) is 27.7 Å². The first-order valence-electron chi connectivity index (χ1n) is 7.67. The summed E-state index contributed by atoms with van der Waals surface area (Å²) >= 11 is 16.9. The maximum Gasteiger partial charge on any atom is 0.298 e. The van der Waals surface area contributed by atoms with Crippen molar-refractivity contribution in [3.8, 4) is 0 Å². The van der Waals surface area contributed by atoms with E-state index in [1.165, 1.54) is 0 Å². The van der Waals surface area contributed by atoms with E-state index in [1.54, 1.807) is 0 Å². The Labute approximate surface area is 194 Å². The highest BCUT2D eigenvalue weighted by atomic mass is 35.5. The molecule has 2 heterocycles. The van der Waals surface area contributed by atoms with E-state index in [9.17, 15) is 25.9 Å². The van der Waals surface area contributed by atoms with Gasteiger partial charge in [0, 0.05) is 0 Å². The molecular weight excluding hydrogens is 537 g/mol. The Morgan fingerprint density at radius 1 is 0.688 bits per heavy atom. The molecule has 0 amide bonds. The Balaban J connectivity index is 2.13. The van der Waals surface area contributed by atoms with E-state index in [4.69, 9.17) is 34.8 Å². The molecule has 2 aromatic heterocycles. The zero-order valence-corrected chi connectivity index (χ0v) is 18.8. The fraction of sp³-hybridized carbons (Fsp3) is 0. The second-order valence-electron chi connectivity index (χ2n) is 5.42. The molecule has 1 aromatic carbocycles. The number of halogens is 3. The van der Waals surface area contributed by atoms with Crippen LogP contribution >= 0.6 is 34.8 Å². The Bertz CT molecular complexity index is 1390. The van der Waals surface area contributed by atoms with Crippen molar-refractivity contribution < 1.29 is 25.9 Å². The summed E-state index contributed by atoms with van der Waals surface area (Å²) in [6.45, 7) is 0. The van der Waals surface area contributed by atoms with Crippen molar-refractivity contribution in [3.63, 3.8) is 0 Å². The second-order valence-corrected chi connectivity index (χ2v) is 9.15. The van der Waals surface area contributed by atoms with Crippen molar-refractivity contribution in [2.75, 3.05) is 16.2 Å². The molecule has 0 spiro atoms. The monoisotopic (exact) mass is 543 g/mol. The van der Waals surface area contributed by atoms with Crippen LogP contribution in [0.1, 0.15) is 0 Å². The molecule has 32 heavy (non-hydrogen) atoms. The third-order valence-corrected chi connectivity index (χ3v) is 5.84. The molecule has 3 aromatic rings. The molecule has 0 atom stereocenters. The summed E-state index contributed by atoms with van der Waals surface area (Å²) < 4.78 is 67.6. The molecule has 0 aliphatic rings. The van der Waals surface area contributed by atoms with Crippen LogP contribution in [0.25, 0.3) is 0 Å². The molecule has 3 rings (SSSR count). The smallest absolute Gasteiger partial charge is 0.298 e. The van der Waals surface area contributed by atoms with Gasteiger partial charge >= 0.3 is 0 Å². The third-order valence-electron chi connectivity index (χ3n) is 3.31. The number of nitrogens with one attached hydrogen (secondary N) is 3. The topological polar surface area (TPSA) is 222 Å². The fourth-order valence-electron chi connectivity index (χ4n) is 2.23. The summed E-state index contributed by atoms with van der Waals surface area (Å²) in [5.41, 5.74) is 3.57. The molecule has 20 heteroatoms. The first kappa shape index (κ1) is 24.0. The van der Waals surface area contributed by atoms with E-state index in [0.717, 1.165) is 18.5 Å². The van der Waals surface area contributed by atoms with Gasteiger partial charge in [-0.25, -0.2) is 4.98 Å². The molecule has 0 fully saturated rings. The second kappa shape index (κ2) is 9.06. The van der Waals surface area contributed by atoms with Gasteiger partial charge in [-0.2, -0.15) is 41.8 Å². The lowest BCUT2D eigenvalue weighted by Crippen LogP contribution is -2.18. The van der Waals surface area contributed by atoms with Crippen LogP contribution in [-0.2, 0) is 20.2 Å². The lowest BCUT2D eigenvalue weighted by atomic mass is 10.3. The first-order valence-corrected chi connectivity index (χ1v) is 11.7. The summed E-state index contributed by atoms with van der Waals surface area (Å²) in [4.78, 5) is 19.2. The van der Waals surface area contributed by atoms with E-state index >= 15 is 0 Å². The number of hydrazine groups is 1. The predicted octanol–water partition coefficient (Wildman–Crippen LogP) is 1.69. The minimum atomic E-state index is -5.27. The van der Waals surface area contributed by atoms with E-state index in [1.807, 2.05) is 0 Å². The number of anilines is 4. The zero-order valence-electron chi connectivity index (χ0n) is 14.9. The van der Waals surface area contributed by atoms with Crippen LogP contribution in [-0.4, -0.2) is 55.8 Å². The Kier molecular flexibility index (Phi) is 6.79. The van der Waals surface area contributed by atoms with Gasteiger partial charge in [-0.15, -0.1) is 0 Å². The molecule has 0 unspecified atom stereocenters. The summed E-state index contributed by atoms with van der Waals surface area (Å²) in [5, 5.41) is 1.40. The van der Waals surface area contributed by atoms with Crippen molar-refractivity contribution >= 4 is 78.3 Å². The highest BCUT2D eigenvalue weighted by molar-refractivity contribution is 7.89. The van der Waals surface area contributed by atoms with E-state index < -0.39 is 41.4 Å². The molecule has 15 nitrogen and oxygen atoms in total. The van der Waals surface area contributed by atoms with Crippen molar-refractivity contribution in [3.05, 3.63) is 34.3 Å². The highest BCUT2D eigenvalue weighted by Gasteiger charge is 2.31. The lowest BCUT2D eigenvalue weighted by Gasteiger charge is -2.17. The molecular formula is C12H8Cl3N9O6S2. The number of nitrogens with zero attached hydrogens (tertiary/aromatic N) is 6. The highest BCUT2D eigenvalue weighted by Crippen LogP contribution is 2.36. The standard InChI is InChI=1S/C12H8Cl3N9O6S2/c13-8-16-3-17-11(20-8)24-23-5-2-1-4(18-12-21-9(14)19-10(15)22-12)6(31(25,26)27)7(5)32(28,29)30/h1-3,23H,(H,25,26,27)(H,28,29,30)(H,16,17,20,24)(H,18,19,21,22). The number of hydrogen-bond acceptors (Lipinski definition) is 13. The zero-order chi connectivity index (χ0) is 23.7. The van der Waals surface area contributed by atoms with E-state index in [-0.39, 0.29) is 27.7 Å². The SMILES string of the molecule is O=S(=O)(O)c1c(NNc2ncnc(Cl)n2)ccc(Nc2nc(Cl)nc(Cl)n2)c1S(=O)(=O)O. The van der Waals surface area contributed by atoms with Crippen molar-refractivity contribution in [2.45, 2.75) is 9.79 Å². The van der Waals surface area contributed by atoms with Crippen molar-refractivity contribution in [2.24, 2.45) is 0 Å². The van der Waals surface area contributed by atoms with E-state index in [2.05, 4.69) is 46.1 Å². The maximum absolute atomic E-state index is 12.1. The average Bonchev–Trinajstić information content (AvgIpc) is 2.64. The quantitative estimate of drug-likeness (QED) is 0.211. The summed E-state index contributed by atoms with van der Waals surface area (Å²) in [7, 11) is -10.5. The van der Waals surface area contributed by atoms with Crippen molar-refractivity contribution in [1.82, 2.24) is 29.9 Å². The predicted molar refractivity (Wildman–Crippen MR) is 111 cm³/mol. The lowest BCUT2D eigenvalue weighted by molar-refractivity contribution is 0.467. The van der Waals surface area contributed by atoms with Crippen LogP contribution in [0.15, 0.2) is 28.3 Å². The Morgan fingerprint density at radius 2 is 1.22 bits per heavy atom. The van der Waals surface area contributed by atoms with Gasteiger partial charge in [0.25, 0.3) is 20.2 Å². The Morgan fingerprint density at radius 3 is 1.78 bits per heavy atom. The number of benzene rings is 1. The maximum atomic E-state index is 12.1. The molecule has 0 bridgehead atoms. The number of hydrogen-bond donors (Lipinski definition) is 5. The molecule has 0 saturated carbocycles. The van der Waals surface area contributed by atoms with Gasteiger partial charge in [0.1, 0.15) is 16.1 Å². The van der Waals surface area contributed by atoms with Crippen LogP contribution in [0.3, 0.4) is 0 Å². The normalized spacial score (nSPS) is 11.8. The van der Waals surface area contributed by atoms with Crippen LogP contribution in [0.5, 0.6) is 0 Å². The fourth-order valence-corrected chi connectivity index (χ4v) is 4.84. The summed E-state index contributed by atoms with van der Waals surface area (Å²) in [5.74, 6) is -0.573. The van der Waals surface area contributed by atoms with Gasteiger partial charge in [0.05, 0.1) is 11.4 Å². The van der Waals surface area contributed by atoms with Gasteiger partial charge in [0.15, 0.2) is 0 Å². The molecule has 0 aliphatic carbocycles. The van der Waals surface area contributed by atoms with Gasteiger partial charge in [-0.05, 0) is 46.9 Å².